The Hall–Kier alpha value is 1.06. The average molecular weight is 544 g/mol. The van der Waals surface area contributed by atoms with Crippen LogP contribution in [0.5, 0.6) is 0 Å². The van der Waals surface area contributed by atoms with Crippen LogP contribution in [0.15, 0.2) is 0 Å². The maximum absolute atomic E-state index is 11.1. The van der Waals surface area contributed by atoms with E-state index in [9.17, 15) is 28.0 Å². The van der Waals surface area contributed by atoms with Gasteiger partial charge in [0.15, 0.2) is 0 Å². The predicted octanol–water partition coefficient (Wildman–Crippen LogP) is -1.02. The molecule has 0 saturated heterocycles. The van der Waals surface area contributed by atoms with Crippen molar-refractivity contribution in [2.24, 2.45) is 0 Å². The van der Waals surface area contributed by atoms with E-state index < -0.39 is 39.7 Å². The molecule has 164 valence electrons. The van der Waals surface area contributed by atoms with E-state index in [2.05, 4.69) is 19.1 Å². The molecule has 0 amide bonds. The van der Waals surface area contributed by atoms with Gasteiger partial charge in [-0.25, -0.2) is 0 Å². The zero-order chi connectivity index (χ0) is 20.8. The van der Waals surface area contributed by atoms with E-state index in [0.717, 1.165) is 64.2 Å². The predicted molar refractivity (Wildman–Crippen MR) is 84.3 cm³/mol. The molecule has 0 rings (SSSR count). The summed E-state index contributed by atoms with van der Waals surface area (Å²) in [6, 6.07) is 0. The van der Waals surface area contributed by atoms with Crippen LogP contribution in [-0.2, 0) is 5.25 Å². The third-order valence-corrected chi connectivity index (χ3v) is 19.7. The van der Waals surface area contributed by atoms with Gasteiger partial charge >= 0.3 is 173 Å². The molecule has 0 atom stereocenters. The Bertz CT molecular complexity index is 329. The topological polar surface area (TPSA) is 157 Å². The molecule has 0 aromatic rings. The van der Waals surface area contributed by atoms with Gasteiger partial charge < -0.3 is 0 Å². The second kappa shape index (κ2) is 14.9. The average Bonchev–Trinajstić information content (AvgIpc) is 2.51. The molecule has 0 unspecified atom stereocenters. The van der Waals surface area contributed by atoms with Gasteiger partial charge in [0.1, 0.15) is 0 Å². The van der Waals surface area contributed by atoms with Crippen LogP contribution in [0.1, 0.15) is 90.9 Å². The van der Waals surface area contributed by atoms with Crippen molar-refractivity contribution in [2.45, 2.75) is 99.8 Å². The molecule has 0 aromatic heterocycles. The van der Waals surface area contributed by atoms with E-state index in [1.165, 1.54) is 0 Å². The summed E-state index contributed by atoms with van der Waals surface area (Å²) in [6.45, 7) is 4.17. The number of halogens is 2. The normalized spacial score (nSPS) is 13.3. The molecule has 0 fully saturated rings. The molecule has 0 aliphatic heterocycles. The molecular weight excluding hydrogens is 510 g/mol. The number of rotatable bonds is 18. The summed E-state index contributed by atoms with van der Waals surface area (Å²) in [5, 5.41) is 0. The minimum atomic E-state index is -4.93. The van der Waals surface area contributed by atoms with Gasteiger partial charge in [0.25, 0.3) is 0 Å². The fourth-order valence-electron chi connectivity index (χ4n) is 2.98. The first kappa shape index (κ1) is 28.1. The summed E-state index contributed by atoms with van der Waals surface area (Å²) in [7, 11) is -9.69. The fraction of sp³-hybridized carbons (Fsp3) is 1.00. The Morgan fingerprint density at radius 1 is 0.519 bits per heavy atom. The summed E-state index contributed by atoms with van der Waals surface area (Å²) in [5.41, 5.74) is 0. The second-order valence-electron chi connectivity index (χ2n) is 6.86. The summed E-state index contributed by atoms with van der Waals surface area (Å²) < 4.78 is 76.3. The summed E-state index contributed by atoms with van der Waals surface area (Å²) in [5.74, 6) is 0. The van der Waals surface area contributed by atoms with Crippen molar-refractivity contribution in [3.05, 3.63) is 0 Å². The number of unbranched alkanes of at least 4 members (excludes halogenated alkanes) is 10. The molecule has 8 nitrogen and oxygen atoms in total. The molecule has 27 heavy (non-hydrogen) atoms. The minimum absolute atomic E-state index is 0.0543. The van der Waals surface area contributed by atoms with Crippen LogP contribution in [-0.4, -0.2) is 19.2 Å². The van der Waals surface area contributed by atoms with Crippen LogP contribution in [0.4, 0.5) is 0 Å². The Kier molecular flexibility index (Phi) is 15.5. The van der Waals surface area contributed by atoms with E-state index in [4.69, 9.17) is 0 Å². The summed E-state index contributed by atoms with van der Waals surface area (Å²) in [6.07, 6.45) is 10.6. The first-order valence-corrected chi connectivity index (χ1v) is 18.6. The van der Waals surface area contributed by atoms with Gasteiger partial charge in [0.2, 0.25) is 0 Å². The van der Waals surface area contributed by atoms with Crippen molar-refractivity contribution in [3.8, 4) is 0 Å². The molecule has 0 radical (unpaired) electrons. The van der Waals surface area contributed by atoms with Gasteiger partial charge in [-0.1, -0.05) is 0 Å². The standard InChI is InChI=1S/2C8H17.2ClHO4.Sn/c2*1-3-5-7-8-6-4-2;2*2-1(3,4)5;/h2*1,3-8H2,2H3;2*(H,2,3,4,5);/q;;;;+2/p-2. The number of hydrogen-bond acceptors (Lipinski definition) is 8. The summed E-state index contributed by atoms with van der Waals surface area (Å²) in [4.78, 5) is 0. The van der Waals surface area contributed by atoms with Crippen molar-refractivity contribution in [3.63, 3.8) is 0 Å². The number of hydrogen-bond donors (Lipinski definition) is 0. The Morgan fingerprint density at radius 2 is 0.815 bits per heavy atom. The van der Waals surface area contributed by atoms with Gasteiger partial charge in [-0.15, -0.1) is 0 Å². The van der Waals surface area contributed by atoms with Gasteiger partial charge in [-0.3, -0.25) is 0 Å². The van der Waals surface area contributed by atoms with Crippen LogP contribution in [0.3, 0.4) is 0 Å². The molecule has 0 bridgehead atoms. The summed E-state index contributed by atoms with van der Waals surface area (Å²) >= 11 is -4.93. The molecule has 0 heterocycles. The van der Waals surface area contributed by atoms with Gasteiger partial charge in [0, 0.05) is 0 Å². The monoisotopic (exact) mass is 544 g/mol. The molecule has 0 aliphatic rings. The fourth-order valence-corrected chi connectivity index (χ4v) is 18.4. The van der Waals surface area contributed by atoms with Crippen LogP contribution in [0.2, 0.25) is 8.87 Å². The zero-order valence-corrected chi connectivity index (χ0v) is 20.8. The van der Waals surface area contributed by atoms with E-state index >= 15 is 0 Å². The first-order chi connectivity index (χ1) is 12.5. The Morgan fingerprint density at radius 3 is 1.11 bits per heavy atom. The van der Waals surface area contributed by atoms with Crippen LogP contribution < -0.4 is 28.0 Å². The molecule has 0 N–H and O–H groups in total. The van der Waals surface area contributed by atoms with E-state index in [1.807, 2.05) is 0 Å². The van der Waals surface area contributed by atoms with Crippen LogP contribution in [0.25, 0.3) is 0 Å². The molecule has 11 heteroatoms. The van der Waals surface area contributed by atoms with Crippen molar-refractivity contribution < 1.29 is 53.7 Å². The third kappa shape index (κ3) is 17.6. The van der Waals surface area contributed by atoms with E-state index in [-0.39, 0.29) is 8.87 Å². The maximum atomic E-state index is 11.1. The quantitative estimate of drug-likeness (QED) is 0.157. The van der Waals surface area contributed by atoms with Crippen molar-refractivity contribution in [2.75, 3.05) is 0 Å². The Balaban J connectivity index is 4.85. The van der Waals surface area contributed by atoms with Crippen molar-refractivity contribution >= 4 is 19.2 Å². The van der Waals surface area contributed by atoms with Gasteiger partial charge in [-0.05, 0) is 0 Å². The molecule has 0 spiro atoms. The van der Waals surface area contributed by atoms with Crippen LogP contribution >= 0.6 is 0 Å². The molecule has 0 saturated carbocycles. The molecule has 0 aromatic carbocycles. The van der Waals surface area contributed by atoms with Gasteiger partial charge in [-0.2, -0.15) is 0 Å². The third-order valence-electron chi connectivity index (χ3n) is 4.29. The molecular formula is C16H34Cl2O8Sn. The second-order valence-corrected chi connectivity index (χ2v) is 19.4. The van der Waals surface area contributed by atoms with Crippen molar-refractivity contribution in [1.29, 1.82) is 0 Å². The molecule has 0 aliphatic carbocycles. The first-order valence-electron chi connectivity index (χ1n) is 9.76. The zero-order valence-electron chi connectivity index (χ0n) is 16.4. The van der Waals surface area contributed by atoms with E-state index in [1.54, 1.807) is 0 Å². The van der Waals surface area contributed by atoms with Crippen molar-refractivity contribution in [1.82, 2.24) is 0 Å². The van der Waals surface area contributed by atoms with Gasteiger partial charge in [0.05, 0.1) is 0 Å². The SMILES string of the molecule is CCCCCCC[CH2][Sn]([CH2]CCCCCCC)([O][Cl+3]([O-])([O-])[O-])[O][Cl+3]([O-])([O-])[O-]. The van der Waals surface area contributed by atoms with E-state index in [0.29, 0.717) is 12.8 Å². The van der Waals surface area contributed by atoms with Crippen LogP contribution in [0, 0.1) is 20.5 Å². The Labute approximate surface area is 172 Å².